The molecule has 28 heavy (non-hydrogen) atoms. The van der Waals surface area contributed by atoms with Crippen molar-refractivity contribution in [1.82, 2.24) is 15.5 Å². The number of benzene rings is 2. The van der Waals surface area contributed by atoms with Gasteiger partial charge in [0.25, 0.3) is 11.8 Å². The molecule has 0 fully saturated rings. The van der Waals surface area contributed by atoms with Gasteiger partial charge in [0.2, 0.25) is 5.82 Å². The van der Waals surface area contributed by atoms with Gasteiger partial charge in [-0.3, -0.25) is 4.79 Å². The van der Waals surface area contributed by atoms with Crippen LogP contribution in [-0.4, -0.2) is 27.8 Å². The third kappa shape index (κ3) is 4.34. The van der Waals surface area contributed by atoms with E-state index in [0.29, 0.717) is 0 Å². The van der Waals surface area contributed by atoms with Crippen molar-refractivity contribution in [2.75, 3.05) is 6.61 Å². The molecule has 0 bridgehead atoms. The number of hydrogen-bond donors (Lipinski definition) is 2. The van der Waals surface area contributed by atoms with E-state index < -0.39 is 36.1 Å². The van der Waals surface area contributed by atoms with Gasteiger partial charge in [0.1, 0.15) is 11.9 Å². The Morgan fingerprint density at radius 2 is 1.89 bits per heavy atom. The highest BCUT2D eigenvalue weighted by Crippen LogP contribution is 2.31. The monoisotopic (exact) mass is 395 g/mol. The molecule has 1 aromatic heterocycles. The summed E-state index contributed by atoms with van der Waals surface area (Å²) in [7, 11) is 0. The van der Waals surface area contributed by atoms with Crippen LogP contribution in [0.15, 0.2) is 53.1 Å². The summed E-state index contributed by atoms with van der Waals surface area (Å²) >= 11 is 0. The van der Waals surface area contributed by atoms with Crippen LogP contribution in [0.2, 0.25) is 0 Å². The molecule has 0 saturated heterocycles. The van der Waals surface area contributed by atoms with Gasteiger partial charge in [-0.15, -0.1) is 0 Å². The van der Waals surface area contributed by atoms with Gasteiger partial charge in [-0.25, -0.2) is 4.39 Å². The van der Waals surface area contributed by atoms with Crippen molar-refractivity contribution >= 4 is 5.91 Å². The smallest absolute Gasteiger partial charge is 0.394 e. The molecule has 0 unspecified atom stereocenters. The zero-order chi connectivity index (χ0) is 20.3. The number of aliphatic hydroxyl groups excluding tert-OH is 1. The number of hydrogen-bond acceptors (Lipinski definition) is 5. The molecule has 146 valence electrons. The zero-order valence-electron chi connectivity index (χ0n) is 14.1. The normalized spacial score (nSPS) is 12.6. The van der Waals surface area contributed by atoms with Gasteiger partial charge in [0, 0.05) is 11.1 Å². The Hall–Kier alpha value is -3.27. The molecule has 1 amide bonds. The Morgan fingerprint density at radius 1 is 1.18 bits per heavy atom. The Morgan fingerprint density at radius 3 is 2.54 bits per heavy atom. The lowest BCUT2D eigenvalue weighted by atomic mass is 10.1. The number of aliphatic hydroxyl groups is 1. The zero-order valence-corrected chi connectivity index (χ0v) is 14.1. The van der Waals surface area contributed by atoms with Crippen molar-refractivity contribution in [2.45, 2.75) is 12.2 Å². The topological polar surface area (TPSA) is 88.2 Å². The van der Waals surface area contributed by atoms with Gasteiger partial charge < -0.3 is 14.9 Å². The van der Waals surface area contributed by atoms with Gasteiger partial charge in [0.05, 0.1) is 12.2 Å². The quantitative estimate of drug-likeness (QED) is 0.647. The number of carbonyl (C=O) groups is 1. The summed E-state index contributed by atoms with van der Waals surface area (Å²) in [6.45, 7) is -0.600. The van der Waals surface area contributed by atoms with E-state index in [1.807, 2.05) is 0 Å². The van der Waals surface area contributed by atoms with E-state index in [9.17, 15) is 27.5 Å². The van der Waals surface area contributed by atoms with Crippen molar-refractivity contribution in [3.8, 4) is 11.4 Å². The first-order chi connectivity index (χ1) is 13.3. The predicted octanol–water partition coefficient (Wildman–Crippen LogP) is 3.36. The van der Waals surface area contributed by atoms with E-state index in [-0.39, 0.29) is 22.8 Å². The fraction of sp³-hybridized carbons (Fsp3) is 0.167. The highest BCUT2D eigenvalue weighted by atomic mass is 19.4. The fourth-order valence-corrected chi connectivity index (χ4v) is 2.36. The maximum absolute atomic E-state index is 12.9. The van der Waals surface area contributed by atoms with Crippen LogP contribution in [0.5, 0.6) is 0 Å². The Labute approximate surface area is 155 Å². The van der Waals surface area contributed by atoms with Gasteiger partial charge in [0.15, 0.2) is 0 Å². The van der Waals surface area contributed by atoms with E-state index in [2.05, 4.69) is 15.5 Å². The number of aromatic nitrogens is 2. The first kappa shape index (κ1) is 19.5. The minimum absolute atomic E-state index is 0.0615. The van der Waals surface area contributed by atoms with Crippen molar-refractivity contribution < 1.29 is 32.0 Å². The minimum atomic E-state index is -4.53. The summed E-state index contributed by atoms with van der Waals surface area (Å²) in [5.74, 6) is -1.46. The molecule has 6 nitrogen and oxygen atoms in total. The highest BCUT2D eigenvalue weighted by molar-refractivity contribution is 5.94. The first-order valence-corrected chi connectivity index (χ1v) is 7.96. The van der Waals surface area contributed by atoms with Crippen LogP contribution in [0.3, 0.4) is 0 Å². The molecule has 0 aliphatic rings. The van der Waals surface area contributed by atoms with Gasteiger partial charge in [-0.1, -0.05) is 17.3 Å². The Balaban J connectivity index is 1.79. The predicted molar refractivity (Wildman–Crippen MR) is 88.4 cm³/mol. The Kier molecular flexibility index (Phi) is 5.41. The van der Waals surface area contributed by atoms with E-state index in [0.717, 1.165) is 24.3 Å². The van der Waals surface area contributed by atoms with Crippen LogP contribution in [0.4, 0.5) is 17.6 Å². The number of amides is 1. The molecule has 2 N–H and O–H groups in total. The lowest BCUT2D eigenvalue weighted by Gasteiger charge is -2.12. The molecule has 0 radical (unpaired) electrons. The van der Waals surface area contributed by atoms with Crippen LogP contribution >= 0.6 is 0 Å². The first-order valence-electron chi connectivity index (χ1n) is 7.96. The molecule has 0 aliphatic heterocycles. The van der Waals surface area contributed by atoms with E-state index in [4.69, 9.17) is 4.52 Å². The van der Waals surface area contributed by atoms with Crippen molar-refractivity contribution in [3.05, 3.63) is 71.4 Å². The molecule has 0 spiro atoms. The SMILES string of the molecule is O=C(N[C@@H](CO)c1nc(-c2cccc(C(F)(F)F)c2)no1)c1ccc(F)cc1. The number of carbonyl (C=O) groups excluding carboxylic acids is 1. The average Bonchev–Trinajstić information content (AvgIpc) is 3.16. The van der Waals surface area contributed by atoms with Gasteiger partial charge >= 0.3 is 6.18 Å². The lowest BCUT2D eigenvalue weighted by Crippen LogP contribution is -2.31. The van der Waals surface area contributed by atoms with Crippen LogP contribution in [0.25, 0.3) is 11.4 Å². The molecule has 0 saturated carbocycles. The van der Waals surface area contributed by atoms with E-state index in [1.54, 1.807) is 0 Å². The third-order valence-corrected chi connectivity index (χ3v) is 3.78. The molecule has 10 heteroatoms. The van der Waals surface area contributed by atoms with Crippen molar-refractivity contribution in [1.29, 1.82) is 0 Å². The second-order valence-electron chi connectivity index (χ2n) is 5.75. The highest BCUT2D eigenvalue weighted by Gasteiger charge is 2.31. The summed E-state index contributed by atoms with van der Waals surface area (Å²) < 4.78 is 56.4. The molecule has 2 aromatic carbocycles. The molecular weight excluding hydrogens is 382 g/mol. The van der Waals surface area contributed by atoms with Crippen LogP contribution in [0.1, 0.15) is 27.9 Å². The largest absolute Gasteiger partial charge is 0.416 e. The van der Waals surface area contributed by atoms with Gasteiger partial charge in [-0.05, 0) is 36.4 Å². The minimum Gasteiger partial charge on any atom is -0.394 e. The molecular formula is C18H13F4N3O3. The molecule has 1 atom stereocenters. The summed E-state index contributed by atoms with van der Waals surface area (Å²) in [5, 5.41) is 15.5. The Bertz CT molecular complexity index is 971. The van der Waals surface area contributed by atoms with Gasteiger partial charge in [-0.2, -0.15) is 18.2 Å². The van der Waals surface area contributed by atoms with Crippen molar-refractivity contribution in [3.63, 3.8) is 0 Å². The van der Waals surface area contributed by atoms with Crippen LogP contribution in [0, 0.1) is 5.82 Å². The number of halogens is 4. The maximum Gasteiger partial charge on any atom is 0.416 e. The number of alkyl halides is 3. The third-order valence-electron chi connectivity index (χ3n) is 3.78. The number of nitrogens with zero attached hydrogens (tertiary/aromatic N) is 2. The number of rotatable bonds is 5. The van der Waals surface area contributed by atoms with E-state index in [1.165, 1.54) is 24.3 Å². The number of nitrogens with one attached hydrogen (secondary N) is 1. The van der Waals surface area contributed by atoms with Crippen LogP contribution < -0.4 is 5.32 Å². The molecule has 1 heterocycles. The van der Waals surface area contributed by atoms with Crippen molar-refractivity contribution in [2.24, 2.45) is 0 Å². The summed E-state index contributed by atoms with van der Waals surface area (Å²) in [4.78, 5) is 16.1. The second kappa shape index (κ2) is 7.77. The van der Waals surface area contributed by atoms with Crippen LogP contribution in [-0.2, 0) is 6.18 Å². The summed E-state index contributed by atoms with van der Waals surface area (Å²) in [6, 6.07) is 7.95. The fourth-order valence-electron chi connectivity index (χ4n) is 2.36. The molecule has 0 aliphatic carbocycles. The van der Waals surface area contributed by atoms with E-state index >= 15 is 0 Å². The lowest BCUT2D eigenvalue weighted by molar-refractivity contribution is -0.137. The summed E-state index contributed by atoms with van der Waals surface area (Å²) in [5.41, 5.74) is -0.677. The standard InChI is InChI=1S/C18H13F4N3O3/c19-13-6-4-10(5-7-13)16(27)23-14(9-26)17-24-15(25-28-17)11-2-1-3-12(8-11)18(20,21)22/h1-8,14,26H,9H2,(H,23,27)/t14-/m0/s1. The average molecular weight is 395 g/mol. The molecule has 3 rings (SSSR count). The summed E-state index contributed by atoms with van der Waals surface area (Å²) in [6.07, 6.45) is -4.53. The second-order valence-corrected chi connectivity index (χ2v) is 5.75. The maximum atomic E-state index is 12.9. The molecule has 3 aromatic rings.